The van der Waals surface area contributed by atoms with Gasteiger partial charge in [0, 0.05) is 12.1 Å². The fraction of sp³-hybridized carbons (Fsp3) is 0.600. The van der Waals surface area contributed by atoms with Gasteiger partial charge in [-0.2, -0.15) is 0 Å². The third kappa shape index (κ3) is 4.96. The van der Waals surface area contributed by atoms with Crippen molar-refractivity contribution in [2.75, 3.05) is 13.6 Å². The third-order valence-corrected chi connectivity index (χ3v) is 4.47. The van der Waals surface area contributed by atoms with Crippen LogP contribution in [0.2, 0.25) is 10.0 Å². The van der Waals surface area contributed by atoms with Gasteiger partial charge in [0.1, 0.15) is 0 Å². The molecule has 0 aliphatic rings. The summed E-state index contributed by atoms with van der Waals surface area (Å²) in [5.41, 5.74) is 7.15. The number of hydrogen-bond acceptors (Lipinski definition) is 2. The number of hydrogen-bond donors (Lipinski definition) is 1. The van der Waals surface area contributed by atoms with E-state index >= 15 is 0 Å². The summed E-state index contributed by atoms with van der Waals surface area (Å²) in [4.78, 5) is 2.35. The normalized spacial score (nSPS) is 14.7. The molecule has 0 saturated carbocycles. The minimum atomic E-state index is -0.0672. The summed E-state index contributed by atoms with van der Waals surface area (Å²) in [5.74, 6) is 0. The van der Waals surface area contributed by atoms with Gasteiger partial charge in [-0.1, -0.05) is 48.7 Å². The second kappa shape index (κ2) is 8.11. The SMILES string of the molecule is CCCC(C)N(C)CCC(N)c1cccc(Cl)c1Cl. The molecule has 0 aliphatic carbocycles. The van der Waals surface area contributed by atoms with Crippen molar-refractivity contribution < 1.29 is 0 Å². The third-order valence-electron chi connectivity index (χ3n) is 3.63. The van der Waals surface area contributed by atoms with Crippen LogP contribution in [-0.2, 0) is 0 Å². The lowest BCUT2D eigenvalue weighted by Gasteiger charge is -2.26. The molecule has 2 atom stereocenters. The Labute approximate surface area is 126 Å². The quantitative estimate of drug-likeness (QED) is 0.803. The summed E-state index contributed by atoms with van der Waals surface area (Å²) in [6, 6.07) is 6.16. The van der Waals surface area contributed by atoms with Crippen LogP contribution in [0.5, 0.6) is 0 Å². The Balaban J connectivity index is 2.55. The predicted molar refractivity (Wildman–Crippen MR) is 85.0 cm³/mol. The molecule has 108 valence electrons. The van der Waals surface area contributed by atoms with Crippen molar-refractivity contribution in [3.05, 3.63) is 33.8 Å². The molecule has 0 aromatic heterocycles. The van der Waals surface area contributed by atoms with Crippen molar-refractivity contribution in [1.29, 1.82) is 0 Å². The molecule has 0 radical (unpaired) electrons. The van der Waals surface area contributed by atoms with Gasteiger partial charge < -0.3 is 10.6 Å². The van der Waals surface area contributed by atoms with E-state index in [1.54, 1.807) is 6.07 Å². The summed E-state index contributed by atoms with van der Waals surface area (Å²) in [6.07, 6.45) is 3.30. The molecule has 0 spiro atoms. The molecular weight excluding hydrogens is 279 g/mol. The number of nitrogens with zero attached hydrogens (tertiary/aromatic N) is 1. The van der Waals surface area contributed by atoms with E-state index in [-0.39, 0.29) is 6.04 Å². The average molecular weight is 303 g/mol. The van der Waals surface area contributed by atoms with Crippen molar-refractivity contribution >= 4 is 23.2 Å². The monoisotopic (exact) mass is 302 g/mol. The van der Waals surface area contributed by atoms with E-state index in [1.807, 2.05) is 12.1 Å². The molecular formula is C15H24Cl2N2. The second-order valence-corrected chi connectivity index (χ2v) is 5.94. The smallest absolute Gasteiger partial charge is 0.0640 e. The van der Waals surface area contributed by atoms with Crippen molar-refractivity contribution in [2.45, 2.75) is 45.2 Å². The van der Waals surface area contributed by atoms with Gasteiger partial charge in [-0.15, -0.1) is 0 Å². The molecule has 4 heteroatoms. The van der Waals surface area contributed by atoms with Crippen LogP contribution in [0, 0.1) is 0 Å². The average Bonchev–Trinajstić information content (AvgIpc) is 2.39. The van der Waals surface area contributed by atoms with Gasteiger partial charge in [-0.05, 0) is 45.0 Å². The van der Waals surface area contributed by atoms with Crippen LogP contribution >= 0.6 is 23.2 Å². The molecule has 19 heavy (non-hydrogen) atoms. The molecule has 0 fully saturated rings. The van der Waals surface area contributed by atoms with Crippen molar-refractivity contribution in [2.24, 2.45) is 5.73 Å². The van der Waals surface area contributed by atoms with E-state index in [1.165, 1.54) is 12.8 Å². The van der Waals surface area contributed by atoms with Crippen molar-refractivity contribution in [3.8, 4) is 0 Å². The molecule has 0 amide bonds. The van der Waals surface area contributed by atoms with Crippen LogP contribution in [0.4, 0.5) is 0 Å². The maximum Gasteiger partial charge on any atom is 0.0640 e. The molecule has 1 aromatic carbocycles. The summed E-state index contributed by atoms with van der Waals surface area (Å²) < 4.78 is 0. The van der Waals surface area contributed by atoms with E-state index in [0.29, 0.717) is 16.1 Å². The molecule has 1 rings (SSSR count). The Bertz CT molecular complexity index is 396. The van der Waals surface area contributed by atoms with Gasteiger partial charge in [0.05, 0.1) is 10.0 Å². The minimum absolute atomic E-state index is 0.0672. The van der Waals surface area contributed by atoms with Gasteiger partial charge in [-0.25, -0.2) is 0 Å². The van der Waals surface area contributed by atoms with Crippen LogP contribution in [0.15, 0.2) is 18.2 Å². The van der Waals surface area contributed by atoms with E-state index in [4.69, 9.17) is 28.9 Å². The zero-order valence-corrected chi connectivity index (χ0v) is 13.5. The zero-order chi connectivity index (χ0) is 14.4. The van der Waals surface area contributed by atoms with E-state index in [2.05, 4.69) is 25.8 Å². The molecule has 2 N–H and O–H groups in total. The zero-order valence-electron chi connectivity index (χ0n) is 12.0. The number of nitrogens with two attached hydrogens (primary N) is 1. The highest BCUT2D eigenvalue weighted by molar-refractivity contribution is 6.42. The van der Waals surface area contributed by atoms with E-state index in [9.17, 15) is 0 Å². The highest BCUT2D eigenvalue weighted by Crippen LogP contribution is 2.30. The lowest BCUT2D eigenvalue weighted by atomic mass is 10.0. The Hall–Kier alpha value is -0.280. The first kappa shape index (κ1) is 16.8. The van der Waals surface area contributed by atoms with Crippen molar-refractivity contribution in [1.82, 2.24) is 4.90 Å². The first-order valence-corrected chi connectivity index (χ1v) is 7.62. The predicted octanol–water partition coefficient (Wildman–Crippen LogP) is 4.50. The first-order chi connectivity index (χ1) is 8.97. The Morgan fingerprint density at radius 3 is 2.58 bits per heavy atom. The Morgan fingerprint density at radius 1 is 1.26 bits per heavy atom. The lowest BCUT2D eigenvalue weighted by Crippen LogP contribution is -2.31. The van der Waals surface area contributed by atoms with E-state index < -0.39 is 0 Å². The van der Waals surface area contributed by atoms with Gasteiger partial charge in [-0.3, -0.25) is 0 Å². The van der Waals surface area contributed by atoms with E-state index in [0.717, 1.165) is 18.5 Å². The molecule has 2 unspecified atom stereocenters. The largest absolute Gasteiger partial charge is 0.324 e. The standard InChI is InChI=1S/C15H24Cl2N2/c1-4-6-11(2)19(3)10-9-14(18)12-7-5-8-13(16)15(12)17/h5,7-8,11,14H,4,6,9-10,18H2,1-3H3. The maximum absolute atomic E-state index is 6.22. The van der Waals surface area contributed by atoms with Crippen molar-refractivity contribution in [3.63, 3.8) is 0 Å². The molecule has 0 heterocycles. The summed E-state index contributed by atoms with van der Waals surface area (Å²) in [5, 5.41) is 1.16. The lowest BCUT2D eigenvalue weighted by molar-refractivity contribution is 0.236. The fourth-order valence-corrected chi connectivity index (χ4v) is 2.61. The molecule has 0 aliphatic heterocycles. The minimum Gasteiger partial charge on any atom is -0.324 e. The topological polar surface area (TPSA) is 29.3 Å². The number of benzene rings is 1. The summed E-state index contributed by atoms with van der Waals surface area (Å²) in [7, 11) is 2.15. The van der Waals surface area contributed by atoms with Crippen LogP contribution in [0.25, 0.3) is 0 Å². The highest BCUT2D eigenvalue weighted by atomic mass is 35.5. The molecule has 1 aromatic rings. The van der Waals surface area contributed by atoms with Gasteiger partial charge in [0.15, 0.2) is 0 Å². The highest BCUT2D eigenvalue weighted by Gasteiger charge is 2.14. The molecule has 0 saturated heterocycles. The maximum atomic E-state index is 6.22. The number of rotatable bonds is 7. The number of halogens is 2. The summed E-state index contributed by atoms with van der Waals surface area (Å²) in [6.45, 7) is 5.42. The van der Waals surface area contributed by atoms with Crippen LogP contribution in [0.3, 0.4) is 0 Å². The van der Waals surface area contributed by atoms with Crippen LogP contribution < -0.4 is 5.73 Å². The summed E-state index contributed by atoms with van der Waals surface area (Å²) >= 11 is 12.2. The second-order valence-electron chi connectivity index (χ2n) is 5.16. The van der Waals surface area contributed by atoms with Gasteiger partial charge in [0.2, 0.25) is 0 Å². The Kier molecular flexibility index (Phi) is 7.16. The van der Waals surface area contributed by atoms with Crippen LogP contribution in [0.1, 0.15) is 44.7 Å². The fourth-order valence-electron chi connectivity index (χ4n) is 2.16. The first-order valence-electron chi connectivity index (χ1n) is 6.87. The van der Waals surface area contributed by atoms with Gasteiger partial charge in [0.25, 0.3) is 0 Å². The molecule has 2 nitrogen and oxygen atoms in total. The van der Waals surface area contributed by atoms with Crippen LogP contribution in [-0.4, -0.2) is 24.5 Å². The van der Waals surface area contributed by atoms with Gasteiger partial charge >= 0.3 is 0 Å². The Morgan fingerprint density at radius 2 is 1.95 bits per heavy atom. The molecule has 0 bridgehead atoms.